The molecular formula is C15H11N3O2. The summed E-state index contributed by atoms with van der Waals surface area (Å²) in [6.45, 7) is 0. The van der Waals surface area contributed by atoms with Gasteiger partial charge >= 0.3 is 5.97 Å². The van der Waals surface area contributed by atoms with Gasteiger partial charge in [-0.1, -0.05) is 18.2 Å². The Labute approximate surface area is 114 Å². The average Bonchev–Trinajstić information content (AvgIpc) is 2.48. The zero-order valence-corrected chi connectivity index (χ0v) is 10.4. The van der Waals surface area contributed by atoms with Crippen molar-refractivity contribution in [3.63, 3.8) is 0 Å². The zero-order chi connectivity index (χ0) is 13.9. The third-order valence-electron chi connectivity index (χ3n) is 2.91. The van der Waals surface area contributed by atoms with Crippen LogP contribution in [0.25, 0.3) is 10.8 Å². The molecule has 2 N–H and O–H groups in total. The lowest BCUT2D eigenvalue weighted by molar-refractivity contribution is 0.0690. The molecule has 5 nitrogen and oxygen atoms in total. The Bertz CT molecular complexity index is 781. The van der Waals surface area contributed by atoms with Crippen molar-refractivity contribution in [1.29, 1.82) is 0 Å². The molecule has 3 rings (SSSR count). The maximum absolute atomic E-state index is 10.9. The van der Waals surface area contributed by atoms with Gasteiger partial charge in [-0.15, -0.1) is 0 Å². The van der Waals surface area contributed by atoms with Crippen LogP contribution in [0.5, 0.6) is 0 Å². The van der Waals surface area contributed by atoms with E-state index in [4.69, 9.17) is 5.11 Å². The molecule has 0 spiro atoms. The summed E-state index contributed by atoms with van der Waals surface area (Å²) in [5.74, 6) is -0.551. The number of carbonyl (C=O) groups is 1. The quantitative estimate of drug-likeness (QED) is 0.761. The molecule has 3 aromatic rings. The molecule has 20 heavy (non-hydrogen) atoms. The molecule has 0 radical (unpaired) electrons. The van der Waals surface area contributed by atoms with E-state index >= 15 is 0 Å². The van der Waals surface area contributed by atoms with E-state index in [1.165, 1.54) is 6.07 Å². The predicted molar refractivity (Wildman–Crippen MR) is 76.2 cm³/mol. The lowest BCUT2D eigenvalue weighted by Crippen LogP contribution is -2.02. The van der Waals surface area contributed by atoms with Gasteiger partial charge in [-0.25, -0.2) is 9.78 Å². The summed E-state index contributed by atoms with van der Waals surface area (Å²) in [6.07, 6.45) is 3.50. The van der Waals surface area contributed by atoms with Crippen molar-refractivity contribution < 1.29 is 9.90 Å². The summed E-state index contributed by atoms with van der Waals surface area (Å²) in [4.78, 5) is 19.0. The van der Waals surface area contributed by atoms with Gasteiger partial charge in [0.2, 0.25) is 0 Å². The molecule has 0 aliphatic heterocycles. The van der Waals surface area contributed by atoms with E-state index in [-0.39, 0.29) is 5.69 Å². The van der Waals surface area contributed by atoms with E-state index < -0.39 is 5.97 Å². The summed E-state index contributed by atoms with van der Waals surface area (Å²) in [5, 5.41) is 14.1. The van der Waals surface area contributed by atoms with Crippen LogP contribution in [0, 0.1) is 0 Å². The number of aromatic carboxylic acids is 1. The van der Waals surface area contributed by atoms with Crippen LogP contribution in [0.2, 0.25) is 0 Å². The second-order valence-electron chi connectivity index (χ2n) is 4.24. The van der Waals surface area contributed by atoms with Gasteiger partial charge in [0.25, 0.3) is 0 Å². The van der Waals surface area contributed by atoms with Crippen molar-refractivity contribution in [1.82, 2.24) is 9.97 Å². The highest BCUT2D eigenvalue weighted by molar-refractivity contribution is 5.94. The number of rotatable bonds is 3. The third kappa shape index (κ3) is 2.29. The van der Waals surface area contributed by atoms with Crippen molar-refractivity contribution in [3.05, 3.63) is 60.6 Å². The maximum Gasteiger partial charge on any atom is 0.354 e. The molecule has 0 saturated heterocycles. The number of pyridine rings is 2. The van der Waals surface area contributed by atoms with Gasteiger partial charge in [0.05, 0.1) is 0 Å². The van der Waals surface area contributed by atoms with E-state index in [1.54, 1.807) is 24.5 Å². The minimum absolute atomic E-state index is 0.0110. The first-order valence-electron chi connectivity index (χ1n) is 6.04. The predicted octanol–water partition coefficient (Wildman–Crippen LogP) is 3.07. The van der Waals surface area contributed by atoms with Crippen LogP contribution in [0.15, 0.2) is 54.9 Å². The largest absolute Gasteiger partial charge is 0.477 e. The van der Waals surface area contributed by atoms with Crippen LogP contribution in [0.1, 0.15) is 10.5 Å². The molecule has 0 amide bonds. The van der Waals surface area contributed by atoms with Crippen molar-refractivity contribution >= 4 is 28.2 Å². The third-order valence-corrected chi connectivity index (χ3v) is 2.91. The topological polar surface area (TPSA) is 75.1 Å². The number of anilines is 2. The fourth-order valence-corrected chi connectivity index (χ4v) is 1.99. The highest BCUT2D eigenvalue weighted by Crippen LogP contribution is 2.24. The van der Waals surface area contributed by atoms with Gasteiger partial charge in [0.1, 0.15) is 5.82 Å². The van der Waals surface area contributed by atoms with Crippen molar-refractivity contribution in [2.45, 2.75) is 0 Å². The molecule has 0 aliphatic carbocycles. The second kappa shape index (κ2) is 4.97. The molecule has 0 saturated carbocycles. The molecule has 1 aromatic carbocycles. The molecule has 2 heterocycles. The van der Waals surface area contributed by atoms with Crippen molar-refractivity contribution in [3.8, 4) is 0 Å². The summed E-state index contributed by atoms with van der Waals surface area (Å²) < 4.78 is 0. The van der Waals surface area contributed by atoms with E-state index in [0.29, 0.717) is 5.82 Å². The number of carboxylic acid groups (broad SMARTS) is 1. The van der Waals surface area contributed by atoms with Gasteiger partial charge in [0, 0.05) is 28.9 Å². The molecule has 0 unspecified atom stereocenters. The number of aromatic nitrogens is 2. The fraction of sp³-hybridized carbons (Fsp3) is 0. The Morgan fingerprint density at radius 2 is 1.95 bits per heavy atom. The number of nitrogens with one attached hydrogen (secondary N) is 1. The van der Waals surface area contributed by atoms with Gasteiger partial charge in [-0.3, -0.25) is 4.98 Å². The summed E-state index contributed by atoms with van der Waals surface area (Å²) >= 11 is 0. The summed E-state index contributed by atoms with van der Waals surface area (Å²) in [6, 6.07) is 12.5. The lowest BCUT2D eigenvalue weighted by Gasteiger charge is -2.09. The summed E-state index contributed by atoms with van der Waals surface area (Å²) in [7, 11) is 0. The van der Waals surface area contributed by atoms with Crippen LogP contribution in [0.4, 0.5) is 11.5 Å². The second-order valence-corrected chi connectivity index (χ2v) is 4.24. The number of hydrogen-bond acceptors (Lipinski definition) is 4. The first-order valence-corrected chi connectivity index (χ1v) is 6.04. The molecule has 5 heteroatoms. The number of hydrogen-bond donors (Lipinski definition) is 2. The normalized spacial score (nSPS) is 10.4. The van der Waals surface area contributed by atoms with Gasteiger partial charge in [-0.2, -0.15) is 0 Å². The van der Waals surface area contributed by atoms with Crippen molar-refractivity contribution in [2.24, 2.45) is 0 Å². The Kier molecular flexibility index (Phi) is 3.01. The maximum atomic E-state index is 10.9. The molecule has 0 atom stereocenters. The Morgan fingerprint density at radius 3 is 2.80 bits per heavy atom. The first-order chi connectivity index (χ1) is 9.74. The number of nitrogens with zero attached hydrogens (tertiary/aromatic N) is 2. The zero-order valence-electron chi connectivity index (χ0n) is 10.4. The minimum atomic E-state index is -1.05. The molecule has 0 fully saturated rings. The number of fused-ring (bicyclic) bond motifs is 1. The smallest absolute Gasteiger partial charge is 0.354 e. The van der Waals surface area contributed by atoms with E-state index in [1.807, 2.05) is 24.3 Å². The Hall–Kier alpha value is -2.95. The number of benzene rings is 1. The number of carboxylic acids is 1. The van der Waals surface area contributed by atoms with Gasteiger partial charge in [-0.05, 0) is 24.3 Å². The monoisotopic (exact) mass is 265 g/mol. The average molecular weight is 265 g/mol. The molecule has 98 valence electrons. The highest BCUT2D eigenvalue weighted by Gasteiger charge is 2.06. The summed E-state index contributed by atoms with van der Waals surface area (Å²) in [5.41, 5.74) is 0.872. The van der Waals surface area contributed by atoms with Crippen LogP contribution in [-0.2, 0) is 0 Å². The SMILES string of the molecule is O=C(O)c1cccc(Nc2cccc3cnccc23)n1. The van der Waals surface area contributed by atoms with Crippen LogP contribution >= 0.6 is 0 Å². The molecule has 0 bridgehead atoms. The van der Waals surface area contributed by atoms with Gasteiger partial charge < -0.3 is 10.4 Å². The van der Waals surface area contributed by atoms with E-state index in [9.17, 15) is 4.79 Å². The van der Waals surface area contributed by atoms with Crippen LogP contribution < -0.4 is 5.32 Å². The minimum Gasteiger partial charge on any atom is -0.477 e. The molecule has 2 aromatic heterocycles. The molecule has 0 aliphatic rings. The van der Waals surface area contributed by atoms with Crippen molar-refractivity contribution in [2.75, 3.05) is 5.32 Å². The van der Waals surface area contributed by atoms with E-state index in [0.717, 1.165) is 16.5 Å². The molecular weight excluding hydrogens is 254 g/mol. The Morgan fingerprint density at radius 1 is 1.10 bits per heavy atom. The Balaban J connectivity index is 2.01. The van der Waals surface area contributed by atoms with Crippen LogP contribution in [-0.4, -0.2) is 21.0 Å². The fourth-order valence-electron chi connectivity index (χ4n) is 1.99. The van der Waals surface area contributed by atoms with E-state index in [2.05, 4.69) is 15.3 Å². The first kappa shape index (κ1) is 12.1. The van der Waals surface area contributed by atoms with Gasteiger partial charge in [0.15, 0.2) is 5.69 Å². The standard InChI is InChI=1S/C15H11N3O2/c19-15(20)13-5-2-6-14(18-13)17-12-4-1-3-10-9-16-8-7-11(10)12/h1-9H,(H,17,18)(H,19,20). The lowest BCUT2D eigenvalue weighted by atomic mass is 10.1. The highest BCUT2D eigenvalue weighted by atomic mass is 16.4. The van der Waals surface area contributed by atoms with Crippen LogP contribution in [0.3, 0.4) is 0 Å².